The van der Waals surface area contributed by atoms with E-state index in [1.54, 1.807) is 23.5 Å². The Labute approximate surface area is 133 Å². The quantitative estimate of drug-likeness (QED) is 0.915. The summed E-state index contributed by atoms with van der Waals surface area (Å²) in [6.07, 6.45) is 1.25. The Hall–Kier alpha value is -1.75. The minimum absolute atomic E-state index is 0.00946. The molecule has 2 atom stereocenters. The first-order valence-electron chi connectivity index (χ1n) is 7.52. The minimum atomic E-state index is -0.227. The molecule has 1 heterocycles. The summed E-state index contributed by atoms with van der Waals surface area (Å²) >= 11 is 1.61. The zero-order valence-electron chi connectivity index (χ0n) is 12.7. The first-order chi connectivity index (χ1) is 10.5. The lowest BCUT2D eigenvalue weighted by Gasteiger charge is -2.04. The number of carbonyl (C=O) groups is 1. The smallest absolute Gasteiger partial charge is 0.226 e. The van der Waals surface area contributed by atoms with Gasteiger partial charge in [-0.3, -0.25) is 4.79 Å². The molecule has 1 N–H and O–H groups in total. The standard InChI is InChI=1S/C17H19FN2OS/c1-10(2)17-19-13(9-22-17)7-16(21)20-15-8-14(15)11-3-5-12(18)6-4-11/h3-6,9-10,14-15H,7-8H2,1-2H3,(H,20,21). The number of thiazole rings is 1. The molecule has 22 heavy (non-hydrogen) atoms. The van der Waals surface area contributed by atoms with Crippen molar-refractivity contribution in [2.75, 3.05) is 0 Å². The third-order valence-corrected chi connectivity index (χ3v) is 5.03. The highest BCUT2D eigenvalue weighted by Gasteiger charge is 2.39. The van der Waals surface area contributed by atoms with E-state index in [4.69, 9.17) is 0 Å². The van der Waals surface area contributed by atoms with Crippen LogP contribution < -0.4 is 5.32 Å². The molecule has 2 aromatic rings. The monoisotopic (exact) mass is 318 g/mol. The fraction of sp³-hybridized carbons (Fsp3) is 0.412. The molecule has 0 saturated heterocycles. The molecule has 1 aliphatic rings. The van der Waals surface area contributed by atoms with Crippen molar-refractivity contribution in [3.05, 3.63) is 51.7 Å². The number of nitrogens with one attached hydrogen (secondary N) is 1. The Kier molecular flexibility index (Phi) is 4.25. The second-order valence-corrected chi connectivity index (χ2v) is 6.97. The van der Waals surface area contributed by atoms with Crippen molar-refractivity contribution in [1.29, 1.82) is 0 Å². The minimum Gasteiger partial charge on any atom is -0.352 e. The van der Waals surface area contributed by atoms with Gasteiger partial charge in [0.1, 0.15) is 5.82 Å². The van der Waals surface area contributed by atoms with Crippen LogP contribution in [-0.2, 0) is 11.2 Å². The van der Waals surface area contributed by atoms with Crippen molar-refractivity contribution in [2.45, 2.75) is 44.6 Å². The topological polar surface area (TPSA) is 42.0 Å². The number of amides is 1. The summed E-state index contributed by atoms with van der Waals surface area (Å²) in [6, 6.07) is 6.69. The van der Waals surface area contributed by atoms with E-state index in [9.17, 15) is 9.18 Å². The molecule has 1 saturated carbocycles. The van der Waals surface area contributed by atoms with Crippen LogP contribution in [-0.4, -0.2) is 16.9 Å². The van der Waals surface area contributed by atoms with Gasteiger partial charge in [0, 0.05) is 23.3 Å². The molecule has 1 aromatic heterocycles. The van der Waals surface area contributed by atoms with Crippen LogP contribution in [0, 0.1) is 5.82 Å². The van der Waals surface area contributed by atoms with E-state index in [0.29, 0.717) is 18.3 Å². The molecule has 5 heteroatoms. The average Bonchev–Trinajstić information content (AvgIpc) is 3.06. The maximum Gasteiger partial charge on any atom is 0.226 e. The maximum absolute atomic E-state index is 12.9. The van der Waals surface area contributed by atoms with Crippen LogP contribution in [0.5, 0.6) is 0 Å². The highest BCUT2D eigenvalue weighted by molar-refractivity contribution is 7.09. The molecule has 0 aliphatic heterocycles. The third-order valence-electron chi connectivity index (χ3n) is 3.84. The maximum atomic E-state index is 12.9. The van der Waals surface area contributed by atoms with Gasteiger partial charge < -0.3 is 5.32 Å². The van der Waals surface area contributed by atoms with Gasteiger partial charge in [0.2, 0.25) is 5.91 Å². The second-order valence-electron chi connectivity index (χ2n) is 6.08. The number of halogens is 1. The molecule has 1 fully saturated rings. The summed E-state index contributed by atoms with van der Waals surface area (Å²) in [6.45, 7) is 4.19. The molecule has 3 nitrogen and oxygen atoms in total. The third kappa shape index (κ3) is 3.53. The predicted molar refractivity (Wildman–Crippen MR) is 85.6 cm³/mol. The molecule has 0 radical (unpaired) electrons. The highest BCUT2D eigenvalue weighted by Crippen LogP contribution is 2.40. The fourth-order valence-electron chi connectivity index (χ4n) is 2.52. The lowest BCUT2D eigenvalue weighted by molar-refractivity contribution is -0.120. The van der Waals surface area contributed by atoms with Gasteiger partial charge in [-0.05, 0) is 24.1 Å². The van der Waals surface area contributed by atoms with Gasteiger partial charge in [-0.1, -0.05) is 26.0 Å². The molecule has 1 amide bonds. The molecular formula is C17H19FN2OS. The zero-order chi connectivity index (χ0) is 15.7. The lowest BCUT2D eigenvalue weighted by atomic mass is 10.1. The van der Waals surface area contributed by atoms with Gasteiger partial charge in [-0.2, -0.15) is 0 Å². The summed E-state index contributed by atoms with van der Waals surface area (Å²) < 4.78 is 12.9. The Bertz CT molecular complexity index is 666. The van der Waals surface area contributed by atoms with Crippen molar-refractivity contribution >= 4 is 17.2 Å². The SMILES string of the molecule is CC(C)c1nc(CC(=O)NC2CC2c2ccc(F)cc2)cs1. The molecular weight excluding hydrogens is 299 g/mol. The lowest BCUT2D eigenvalue weighted by Crippen LogP contribution is -2.28. The number of benzene rings is 1. The van der Waals surface area contributed by atoms with Crippen molar-refractivity contribution in [1.82, 2.24) is 10.3 Å². The van der Waals surface area contributed by atoms with Crippen LogP contribution in [0.1, 0.15) is 48.4 Å². The zero-order valence-corrected chi connectivity index (χ0v) is 13.5. The van der Waals surface area contributed by atoms with Crippen LogP contribution in [0.4, 0.5) is 4.39 Å². The molecule has 3 rings (SSSR count). The number of nitrogens with zero attached hydrogens (tertiary/aromatic N) is 1. The second kappa shape index (κ2) is 6.16. The number of aromatic nitrogens is 1. The molecule has 116 valence electrons. The van der Waals surface area contributed by atoms with Crippen LogP contribution in [0.2, 0.25) is 0 Å². The van der Waals surface area contributed by atoms with E-state index in [1.165, 1.54) is 12.1 Å². The van der Waals surface area contributed by atoms with Crippen LogP contribution in [0.25, 0.3) is 0 Å². The first kappa shape index (κ1) is 15.2. The molecule has 1 aromatic carbocycles. The van der Waals surface area contributed by atoms with E-state index in [-0.39, 0.29) is 17.8 Å². The normalized spacial score (nSPS) is 20.2. The number of rotatable bonds is 5. The Morgan fingerprint density at radius 1 is 1.41 bits per heavy atom. The molecule has 0 bridgehead atoms. The van der Waals surface area contributed by atoms with E-state index < -0.39 is 0 Å². The number of hydrogen-bond acceptors (Lipinski definition) is 3. The summed E-state index contributed by atoms with van der Waals surface area (Å²) in [5, 5.41) is 6.06. The average molecular weight is 318 g/mol. The number of hydrogen-bond donors (Lipinski definition) is 1. The summed E-state index contributed by atoms with van der Waals surface area (Å²) in [5.41, 5.74) is 1.92. The van der Waals surface area contributed by atoms with Crippen molar-refractivity contribution in [3.8, 4) is 0 Å². The molecule has 2 unspecified atom stereocenters. The van der Waals surface area contributed by atoms with E-state index in [0.717, 1.165) is 22.7 Å². The van der Waals surface area contributed by atoms with Gasteiger partial charge in [-0.25, -0.2) is 9.37 Å². The summed E-state index contributed by atoms with van der Waals surface area (Å²) in [7, 11) is 0. The molecule has 1 aliphatic carbocycles. The van der Waals surface area contributed by atoms with Crippen LogP contribution in [0.3, 0.4) is 0 Å². The van der Waals surface area contributed by atoms with Crippen molar-refractivity contribution in [3.63, 3.8) is 0 Å². The van der Waals surface area contributed by atoms with Crippen molar-refractivity contribution in [2.24, 2.45) is 0 Å². The first-order valence-corrected chi connectivity index (χ1v) is 8.40. The van der Waals surface area contributed by atoms with Gasteiger partial charge in [0.25, 0.3) is 0 Å². The fourth-order valence-corrected chi connectivity index (χ4v) is 3.36. The van der Waals surface area contributed by atoms with Gasteiger partial charge in [0.05, 0.1) is 17.1 Å². The van der Waals surface area contributed by atoms with Gasteiger partial charge in [0.15, 0.2) is 0 Å². The van der Waals surface area contributed by atoms with E-state index >= 15 is 0 Å². The van der Waals surface area contributed by atoms with Gasteiger partial charge in [-0.15, -0.1) is 11.3 Å². The summed E-state index contributed by atoms with van der Waals surface area (Å²) in [5.74, 6) is 0.490. The predicted octanol–water partition coefficient (Wildman–Crippen LogP) is 3.62. The van der Waals surface area contributed by atoms with Crippen molar-refractivity contribution < 1.29 is 9.18 Å². The summed E-state index contributed by atoms with van der Waals surface area (Å²) in [4.78, 5) is 16.5. The Balaban J connectivity index is 1.51. The highest BCUT2D eigenvalue weighted by atomic mass is 32.1. The van der Waals surface area contributed by atoms with Crippen LogP contribution in [0.15, 0.2) is 29.6 Å². The van der Waals surface area contributed by atoms with Gasteiger partial charge >= 0.3 is 0 Å². The van der Waals surface area contributed by atoms with E-state index in [1.807, 2.05) is 5.38 Å². The van der Waals surface area contributed by atoms with E-state index in [2.05, 4.69) is 24.1 Å². The van der Waals surface area contributed by atoms with Crippen LogP contribution >= 0.6 is 11.3 Å². The number of carbonyl (C=O) groups excluding carboxylic acids is 1. The Morgan fingerprint density at radius 3 is 2.77 bits per heavy atom. The Morgan fingerprint density at radius 2 is 2.14 bits per heavy atom. The largest absolute Gasteiger partial charge is 0.352 e. The molecule has 0 spiro atoms.